The second-order valence-corrected chi connectivity index (χ2v) is 15.2. The Balaban J connectivity index is 1.57. The van der Waals surface area contributed by atoms with Gasteiger partial charge in [-0.1, -0.05) is 114 Å². The number of nitrogens with one attached hydrogen (secondary N) is 1. The molecule has 7 nitrogen and oxygen atoms in total. The van der Waals surface area contributed by atoms with E-state index < -0.39 is 28.5 Å². The molecule has 0 radical (unpaired) electrons. The molecule has 1 fully saturated rings. The predicted octanol–water partition coefficient (Wildman–Crippen LogP) is 7.89. The molecule has 1 atom stereocenters. The van der Waals surface area contributed by atoms with Gasteiger partial charge in [0, 0.05) is 29.1 Å². The summed E-state index contributed by atoms with van der Waals surface area (Å²) >= 11 is 12.8. The van der Waals surface area contributed by atoms with Crippen LogP contribution in [0.3, 0.4) is 0 Å². The zero-order chi connectivity index (χ0) is 34.3. The van der Waals surface area contributed by atoms with Crippen molar-refractivity contribution in [1.82, 2.24) is 10.2 Å². The van der Waals surface area contributed by atoms with E-state index in [-0.39, 0.29) is 29.8 Å². The third-order valence-corrected chi connectivity index (χ3v) is 11.2. The van der Waals surface area contributed by atoms with E-state index in [0.717, 1.165) is 53.1 Å². The van der Waals surface area contributed by atoms with Crippen molar-refractivity contribution in [2.75, 3.05) is 10.8 Å². The van der Waals surface area contributed by atoms with Crippen LogP contribution in [0.1, 0.15) is 54.4 Å². The summed E-state index contributed by atoms with van der Waals surface area (Å²) < 4.78 is 29.6. The minimum absolute atomic E-state index is 0.00608. The summed E-state index contributed by atoms with van der Waals surface area (Å²) in [6.07, 6.45) is 5.16. The first kappa shape index (κ1) is 35.5. The zero-order valence-corrected chi connectivity index (χ0v) is 29.6. The molecule has 4 aromatic carbocycles. The summed E-state index contributed by atoms with van der Waals surface area (Å²) in [6.45, 7) is 3.22. The van der Waals surface area contributed by atoms with Gasteiger partial charge in [-0.2, -0.15) is 0 Å². The molecular formula is C38H41Cl2N3O4S. The van der Waals surface area contributed by atoms with Gasteiger partial charge in [0.1, 0.15) is 12.6 Å². The van der Waals surface area contributed by atoms with E-state index >= 15 is 0 Å². The summed E-state index contributed by atoms with van der Waals surface area (Å²) in [5.41, 5.74) is 3.64. The van der Waals surface area contributed by atoms with Crippen LogP contribution in [0.4, 0.5) is 5.69 Å². The minimum Gasteiger partial charge on any atom is -0.352 e. The molecule has 2 amide bonds. The maximum absolute atomic E-state index is 14.7. The van der Waals surface area contributed by atoms with Crippen molar-refractivity contribution in [3.05, 3.63) is 129 Å². The van der Waals surface area contributed by atoms with Gasteiger partial charge >= 0.3 is 0 Å². The Bertz CT molecular complexity index is 1810. The van der Waals surface area contributed by atoms with Gasteiger partial charge in [0.2, 0.25) is 11.8 Å². The third kappa shape index (κ3) is 8.98. The second kappa shape index (κ2) is 16.0. The molecule has 0 heterocycles. The van der Waals surface area contributed by atoms with Gasteiger partial charge in [0.05, 0.1) is 10.6 Å². The first-order chi connectivity index (χ1) is 23.0. The SMILES string of the molecule is Cc1ccc(N(CC(=O)N(Cc2ccc(Cl)cc2Cl)[C@@H](Cc2ccccc2)C(=O)NC2CCCCC2)S(=O)(=O)c2ccc(C)cc2)cc1. The van der Waals surface area contributed by atoms with Gasteiger partial charge in [-0.3, -0.25) is 13.9 Å². The monoisotopic (exact) mass is 705 g/mol. The maximum atomic E-state index is 14.7. The number of carbonyl (C=O) groups is 2. The number of aryl methyl sites for hydroxylation is 2. The van der Waals surface area contributed by atoms with Crippen molar-refractivity contribution in [3.63, 3.8) is 0 Å². The molecule has 0 saturated heterocycles. The molecule has 48 heavy (non-hydrogen) atoms. The molecule has 0 bridgehead atoms. The van der Waals surface area contributed by atoms with Crippen molar-refractivity contribution < 1.29 is 18.0 Å². The molecule has 0 spiro atoms. The Hall–Kier alpha value is -3.85. The van der Waals surface area contributed by atoms with Gasteiger partial charge < -0.3 is 10.2 Å². The van der Waals surface area contributed by atoms with Gasteiger partial charge in [0.15, 0.2) is 0 Å². The standard InChI is InChI=1S/C38H41Cl2N3O4S/c1-27-13-19-33(20-14-27)43(48(46,47)34-21-15-28(2)16-22-34)26-37(44)42(25-30-17-18-31(39)24-35(30)40)36(23-29-9-5-3-6-10-29)38(45)41-32-11-7-4-8-12-32/h3,5-6,9-10,13-22,24,32,36H,4,7-8,11-12,23,25-26H2,1-2H3,(H,41,45)/t36-/m0/s1. The summed E-state index contributed by atoms with van der Waals surface area (Å²) in [5, 5.41) is 4.00. The summed E-state index contributed by atoms with van der Waals surface area (Å²) in [7, 11) is -4.18. The Morgan fingerprint density at radius 1 is 0.833 bits per heavy atom. The van der Waals surface area contributed by atoms with Gasteiger partial charge in [-0.05, 0) is 74.2 Å². The summed E-state index contributed by atoms with van der Waals surface area (Å²) in [5.74, 6) is -0.829. The normalized spacial score (nSPS) is 14.2. The topological polar surface area (TPSA) is 86.8 Å². The Morgan fingerprint density at radius 3 is 2.08 bits per heavy atom. The van der Waals surface area contributed by atoms with Crippen molar-refractivity contribution in [3.8, 4) is 0 Å². The lowest BCUT2D eigenvalue weighted by Gasteiger charge is -2.35. The average Bonchev–Trinajstić information content (AvgIpc) is 3.07. The summed E-state index contributed by atoms with van der Waals surface area (Å²) in [6, 6.07) is 27.1. The molecule has 5 rings (SSSR count). The van der Waals surface area contributed by atoms with E-state index in [0.29, 0.717) is 21.3 Å². The quantitative estimate of drug-likeness (QED) is 0.162. The number of nitrogens with zero attached hydrogens (tertiary/aromatic N) is 2. The first-order valence-electron chi connectivity index (χ1n) is 16.2. The Labute approximate surface area is 293 Å². The molecule has 1 saturated carbocycles. The van der Waals surface area contributed by atoms with Gasteiger partial charge in [0.25, 0.3) is 10.0 Å². The van der Waals surface area contributed by atoms with E-state index in [1.165, 1.54) is 17.0 Å². The first-order valence-corrected chi connectivity index (χ1v) is 18.4. The highest BCUT2D eigenvalue weighted by Crippen LogP contribution is 2.28. The molecule has 0 aliphatic heterocycles. The molecule has 10 heteroatoms. The molecule has 4 aromatic rings. The molecule has 1 aliphatic rings. The third-order valence-electron chi connectivity index (χ3n) is 8.79. The Kier molecular flexibility index (Phi) is 11.8. The molecular weight excluding hydrogens is 665 g/mol. The van der Waals surface area contributed by atoms with E-state index in [9.17, 15) is 18.0 Å². The van der Waals surface area contributed by atoms with Crippen molar-refractivity contribution in [2.45, 2.75) is 75.9 Å². The van der Waals surface area contributed by atoms with E-state index in [1.54, 1.807) is 54.6 Å². The van der Waals surface area contributed by atoms with Crippen LogP contribution in [0.15, 0.2) is 102 Å². The maximum Gasteiger partial charge on any atom is 0.264 e. The molecule has 252 valence electrons. The predicted molar refractivity (Wildman–Crippen MR) is 193 cm³/mol. The van der Waals surface area contributed by atoms with Crippen LogP contribution in [-0.4, -0.2) is 43.8 Å². The fourth-order valence-electron chi connectivity index (χ4n) is 6.01. The number of sulfonamides is 1. The number of carbonyl (C=O) groups excluding carboxylic acids is 2. The van der Waals surface area contributed by atoms with Crippen molar-refractivity contribution in [1.29, 1.82) is 0 Å². The molecule has 0 unspecified atom stereocenters. The molecule has 1 aliphatic carbocycles. The fraction of sp³-hybridized carbons (Fsp3) is 0.316. The van der Waals surface area contributed by atoms with Crippen molar-refractivity contribution >= 4 is 50.7 Å². The average molecular weight is 707 g/mol. The lowest BCUT2D eigenvalue weighted by Crippen LogP contribution is -2.55. The van der Waals surface area contributed by atoms with Crippen LogP contribution in [0.2, 0.25) is 10.0 Å². The van der Waals surface area contributed by atoms with Gasteiger partial charge in [-0.25, -0.2) is 8.42 Å². The van der Waals surface area contributed by atoms with E-state index in [2.05, 4.69) is 5.32 Å². The number of benzene rings is 4. The highest BCUT2D eigenvalue weighted by molar-refractivity contribution is 7.92. The number of anilines is 1. The van der Waals surface area contributed by atoms with Crippen LogP contribution >= 0.6 is 23.2 Å². The number of rotatable bonds is 12. The highest BCUT2D eigenvalue weighted by atomic mass is 35.5. The molecule has 1 N–H and O–H groups in total. The van der Waals surface area contributed by atoms with E-state index in [1.807, 2.05) is 44.2 Å². The molecule has 0 aromatic heterocycles. The van der Waals surface area contributed by atoms with Crippen LogP contribution < -0.4 is 9.62 Å². The van der Waals surface area contributed by atoms with E-state index in [4.69, 9.17) is 23.2 Å². The highest BCUT2D eigenvalue weighted by Gasteiger charge is 2.35. The largest absolute Gasteiger partial charge is 0.352 e. The van der Waals surface area contributed by atoms with Crippen molar-refractivity contribution in [2.24, 2.45) is 0 Å². The number of hydrogen-bond donors (Lipinski definition) is 1. The smallest absolute Gasteiger partial charge is 0.264 e. The zero-order valence-electron chi connectivity index (χ0n) is 27.2. The lowest BCUT2D eigenvalue weighted by molar-refractivity contribution is -0.140. The van der Waals surface area contributed by atoms with Crippen LogP contribution in [-0.2, 0) is 32.6 Å². The van der Waals surface area contributed by atoms with Crippen LogP contribution in [0.25, 0.3) is 0 Å². The summed E-state index contributed by atoms with van der Waals surface area (Å²) in [4.78, 5) is 30.5. The number of halogens is 2. The second-order valence-electron chi connectivity index (χ2n) is 12.5. The lowest BCUT2D eigenvalue weighted by atomic mass is 9.94. The minimum atomic E-state index is -4.18. The Morgan fingerprint density at radius 2 is 1.46 bits per heavy atom. The van der Waals surface area contributed by atoms with Crippen LogP contribution in [0.5, 0.6) is 0 Å². The van der Waals surface area contributed by atoms with Crippen LogP contribution in [0, 0.1) is 13.8 Å². The fourth-order valence-corrected chi connectivity index (χ4v) is 7.89. The number of amides is 2. The van der Waals surface area contributed by atoms with Gasteiger partial charge in [-0.15, -0.1) is 0 Å². The number of hydrogen-bond acceptors (Lipinski definition) is 4.